The number of nitrogen functional groups attached to an aromatic ring is 1. The van der Waals surface area contributed by atoms with Gasteiger partial charge < -0.3 is 16.2 Å². The summed E-state index contributed by atoms with van der Waals surface area (Å²) in [5.74, 6) is 0.707. The molecule has 1 saturated carbocycles. The second-order valence-electron chi connectivity index (χ2n) is 3.85. The van der Waals surface area contributed by atoms with E-state index in [-0.39, 0.29) is 18.1 Å². The Morgan fingerprint density at radius 2 is 2.27 bits per heavy atom. The summed E-state index contributed by atoms with van der Waals surface area (Å²) >= 11 is 5.75. The van der Waals surface area contributed by atoms with Crippen molar-refractivity contribution in [2.75, 3.05) is 17.7 Å². The van der Waals surface area contributed by atoms with Crippen LogP contribution < -0.4 is 11.1 Å². The van der Waals surface area contributed by atoms with Crippen LogP contribution in [0.15, 0.2) is 6.07 Å². The van der Waals surface area contributed by atoms with Crippen LogP contribution in [-0.2, 0) is 0 Å². The number of hydrogen-bond donors (Lipinski definition) is 3. The normalized spacial score (nSPS) is 18.3. The number of hydrogen-bond acceptors (Lipinski definition) is 5. The van der Waals surface area contributed by atoms with E-state index in [1.54, 1.807) is 6.07 Å². The van der Waals surface area contributed by atoms with Crippen molar-refractivity contribution in [3.8, 4) is 0 Å². The van der Waals surface area contributed by atoms with Crippen LogP contribution in [0, 0.1) is 0 Å². The molecule has 4 N–H and O–H groups in total. The molecule has 5 nitrogen and oxygen atoms in total. The van der Waals surface area contributed by atoms with E-state index in [0.717, 1.165) is 19.3 Å². The number of rotatable bonds is 3. The van der Waals surface area contributed by atoms with Gasteiger partial charge in [0.1, 0.15) is 11.0 Å². The Morgan fingerprint density at radius 1 is 1.53 bits per heavy atom. The first kappa shape index (κ1) is 10.4. The van der Waals surface area contributed by atoms with Gasteiger partial charge in [0.05, 0.1) is 12.1 Å². The van der Waals surface area contributed by atoms with Crippen molar-refractivity contribution in [3.05, 3.63) is 11.2 Å². The van der Waals surface area contributed by atoms with Crippen LogP contribution in [-0.4, -0.2) is 27.2 Å². The molecule has 1 aromatic heterocycles. The fourth-order valence-corrected chi connectivity index (χ4v) is 1.89. The molecule has 0 atom stereocenters. The Labute approximate surface area is 92.7 Å². The number of aliphatic hydroxyl groups excluding tert-OH is 1. The highest BCUT2D eigenvalue weighted by molar-refractivity contribution is 6.29. The summed E-state index contributed by atoms with van der Waals surface area (Å²) in [6.45, 7) is 0.0918. The van der Waals surface area contributed by atoms with E-state index in [0.29, 0.717) is 11.0 Å². The van der Waals surface area contributed by atoms with E-state index in [1.165, 1.54) is 0 Å². The van der Waals surface area contributed by atoms with Gasteiger partial charge in [0.15, 0.2) is 0 Å². The molecule has 0 aliphatic heterocycles. The van der Waals surface area contributed by atoms with Gasteiger partial charge in [-0.1, -0.05) is 11.6 Å². The predicted octanol–water partition coefficient (Wildman–Crippen LogP) is 1.04. The molecule has 82 valence electrons. The molecule has 0 bridgehead atoms. The van der Waals surface area contributed by atoms with Gasteiger partial charge in [0.2, 0.25) is 5.95 Å². The molecule has 0 radical (unpaired) electrons. The van der Waals surface area contributed by atoms with Crippen LogP contribution in [0.3, 0.4) is 0 Å². The van der Waals surface area contributed by atoms with E-state index in [2.05, 4.69) is 15.3 Å². The predicted molar refractivity (Wildman–Crippen MR) is 58.7 cm³/mol. The molecule has 1 fully saturated rings. The van der Waals surface area contributed by atoms with Gasteiger partial charge in [0.25, 0.3) is 0 Å². The zero-order chi connectivity index (χ0) is 10.9. The molecule has 1 heterocycles. The van der Waals surface area contributed by atoms with Crippen LogP contribution in [0.2, 0.25) is 5.15 Å². The van der Waals surface area contributed by atoms with E-state index in [1.807, 2.05) is 0 Å². The first-order chi connectivity index (χ1) is 7.13. The number of nitrogens with one attached hydrogen (secondary N) is 1. The van der Waals surface area contributed by atoms with Gasteiger partial charge in [-0.15, -0.1) is 0 Å². The van der Waals surface area contributed by atoms with Crippen LogP contribution in [0.5, 0.6) is 0 Å². The molecule has 1 aromatic rings. The third-order valence-corrected chi connectivity index (χ3v) is 2.91. The first-order valence-corrected chi connectivity index (χ1v) is 5.20. The summed E-state index contributed by atoms with van der Waals surface area (Å²) in [4.78, 5) is 7.77. The van der Waals surface area contributed by atoms with Crippen molar-refractivity contribution in [2.45, 2.75) is 24.8 Å². The summed E-state index contributed by atoms with van der Waals surface area (Å²) in [7, 11) is 0. The van der Waals surface area contributed by atoms with E-state index < -0.39 is 0 Å². The van der Waals surface area contributed by atoms with E-state index in [9.17, 15) is 5.11 Å². The lowest BCUT2D eigenvalue weighted by atomic mass is 9.77. The Kier molecular flexibility index (Phi) is 2.67. The van der Waals surface area contributed by atoms with Crippen molar-refractivity contribution >= 4 is 23.4 Å². The van der Waals surface area contributed by atoms with Crippen LogP contribution >= 0.6 is 11.6 Å². The number of halogens is 1. The quantitative estimate of drug-likeness (QED) is 0.674. The lowest BCUT2D eigenvalue weighted by Crippen LogP contribution is -2.48. The van der Waals surface area contributed by atoms with Crippen molar-refractivity contribution in [2.24, 2.45) is 0 Å². The second kappa shape index (κ2) is 3.83. The maximum atomic E-state index is 9.27. The van der Waals surface area contributed by atoms with E-state index >= 15 is 0 Å². The molecule has 0 aromatic carbocycles. The molecule has 0 amide bonds. The Balaban J connectivity index is 2.16. The minimum Gasteiger partial charge on any atom is -0.394 e. The zero-order valence-electron chi connectivity index (χ0n) is 8.20. The van der Waals surface area contributed by atoms with Gasteiger partial charge in [-0.05, 0) is 19.3 Å². The number of anilines is 2. The standard InChI is InChI=1S/C9H13ClN4O/c10-6-4-7(13-8(11)12-6)14-9(5-15)2-1-3-9/h4,15H,1-3,5H2,(H3,11,12,13,14). The smallest absolute Gasteiger partial charge is 0.223 e. The van der Waals surface area contributed by atoms with Gasteiger partial charge in [-0.25, -0.2) is 4.98 Å². The molecule has 1 aliphatic carbocycles. The van der Waals surface area contributed by atoms with Crippen LogP contribution in [0.25, 0.3) is 0 Å². The summed E-state index contributed by atoms with van der Waals surface area (Å²) in [5.41, 5.74) is 5.22. The molecule has 0 saturated heterocycles. The minimum absolute atomic E-state index is 0.0918. The highest BCUT2D eigenvalue weighted by Crippen LogP contribution is 2.34. The Morgan fingerprint density at radius 3 is 2.73 bits per heavy atom. The highest BCUT2D eigenvalue weighted by Gasteiger charge is 2.36. The van der Waals surface area contributed by atoms with Crippen molar-refractivity contribution < 1.29 is 5.11 Å². The fraction of sp³-hybridized carbons (Fsp3) is 0.556. The minimum atomic E-state index is -0.246. The third-order valence-electron chi connectivity index (χ3n) is 2.72. The summed E-state index contributed by atoms with van der Waals surface area (Å²) < 4.78 is 0. The van der Waals surface area contributed by atoms with E-state index in [4.69, 9.17) is 17.3 Å². The highest BCUT2D eigenvalue weighted by atomic mass is 35.5. The molecule has 15 heavy (non-hydrogen) atoms. The monoisotopic (exact) mass is 228 g/mol. The molecular weight excluding hydrogens is 216 g/mol. The number of aromatic nitrogens is 2. The molecule has 2 rings (SSSR count). The maximum Gasteiger partial charge on any atom is 0.223 e. The third kappa shape index (κ3) is 2.13. The van der Waals surface area contributed by atoms with Crippen LogP contribution in [0.4, 0.5) is 11.8 Å². The molecular formula is C9H13ClN4O. The number of nitrogens with zero attached hydrogens (tertiary/aromatic N) is 2. The summed E-state index contributed by atoms with van der Waals surface area (Å²) in [5, 5.41) is 12.7. The Hall–Kier alpha value is -1.07. The van der Waals surface area contributed by atoms with Crippen molar-refractivity contribution in [1.29, 1.82) is 0 Å². The average molecular weight is 229 g/mol. The summed E-state index contributed by atoms with van der Waals surface area (Å²) in [6.07, 6.45) is 2.98. The largest absolute Gasteiger partial charge is 0.394 e. The maximum absolute atomic E-state index is 9.27. The van der Waals surface area contributed by atoms with Gasteiger partial charge in [0, 0.05) is 6.07 Å². The van der Waals surface area contributed by atoms with Gasteiger partial charge in [-0.2, -0.15) is 4.98 Å². The fourth-order valence-electron chi connectivity index (χ4n) is 1.70. The van der Waals surface area contributed by atoms with Crippen molar-refractivity contribution in [3.63, 3.8) is 0 Å². The molecule has 0 unspecified atom stereocenters. The Bertz CT molecular complexity index is 341. The van der Waals surface area contributed by atoms with Gasteiger partial charge >= 0.3 is 0 Å². The van der Waals surface area contributed by atoms with Gasteiger partial charge in [-0.3, -0.25) is 0 Å². The average Bonchev–Trinajstić information content (AvgIpc) is 2.10. The number of aliphatic hydroxyl groups is 1. The SMILES string of the molecule is Nc1nc(Cl)cc(NC2(CO)CCC2)n1. The molecule has 1 aliphatic rings. The zero-order valence-corrected chi connectivity index (χ0v) is 8.96. The van der Waals surface area contributed by atoms with Crippen molar-refractivity contribution in [1.82, 2.24) is 9.97 Å². The lowest BCUT2D eigenvalue weighted by Gasteiger charge is -2.41. The lowest BCUT2D eigenvalue weighted by molar-refractivity contribution is 0.144. The number of nitrogens with two attached hydrogens (primary N) is 1. The molecule has 0 spiro atoms. The summed E-state index contributed by atoms with van der Waals surface area (Å²) in [6, 6.07) is 1.60. The van der Waals surface area contributed by atoms with Crippen LogP contribution in [0.1, 0.15) is 19.3 Å². The topological polar surface area (TPSA) is 84.1 Å². The first-order valence-electron chi connectivity index (χ1n) is 4.83. The molecule has 6 heteroatoms. The second-order valence-corrected chi connectivity index (χ2v) is 4.24.